The molecule has 0 radical (unpaired) electrons. The van der Waals surface area contributed by atoms with Crippen LogP contribution in [-0.4, -0.2) is 14.7 Å². The molecule has 0 N–H and O–H groups in total. The van der Waals surface area contributed by atoms with E-state index in [0.29, 0.717) is 18.7 Å². The van der Waals surface area contributed by atoms with Gasteiger partial charge in [0.05, 0.1) is 4.92 Å². The summed E-state index contributed by atoms with van der Waals surface area (Å²) in [7, 11) is 0. The first-order valence-electron chi connectivity index (χ1n) is 6.57. The van der Waals surface area contributed by atoms with E-state index in [2.05, 4.69) is 17.2 Å². The second-order valence-electron chi connectivity index (χ2n) is 4.51. The number of rotatable bonds is 6. The minimum atomic E-state index is -0.456. The zero-order valence-electron chi connectivity index (χ0n) is 11.3. The van der Waals surface area contributed by atoms with Crippen LogP contribution in [0.1, 0.15) is 24.6 Å². The van der Waals surface area contributed by atoms with Crippen molar-refractivity contribution >= 4 is 17.3 Å². The topological polar surface area (TPSA) is 61.0 Å². The normalized spacial score (nSPS) is 10.7. The van der Waals surface area contributed by atoms with Crippen LogP contribution in [0, 0.1) is 10.1 Å². The first-order valence-corrected chi connectivity index (χ1v) is 6.94. The maximum absolute atomic E-state index is 11.0. The van der Waals surface area contributed by atoms with Crippen molar-refractivity contribution in [2.75, 3.05) is 0 Å². The lowest BCUT2D eigenvalue weighted by Gasteiger charge is -2.03. The van der Waals surface area contributed by atoms with Gasteiger partial charge < -0.3 is 0 Å². The van der Waals surface area contributed by atoms with E-state index in [-0.39, 0.29) is 10.8 Å². The van der Waals surface area contributed by atoms with Gasteiger partial charge in [0.2, 0.25) is 5.15 Å². The Morgan fingerprint density at radius 1 is 1.35 bits per heavy atom. The molecule has 6 heteroatoms. The van der Waals surface area contributed by atoms with Crippen molar-refractivity contribution in [1.82, 2.24) is 9.78 Å². The van der Waals surface area contributed by atoms with Crippen LogP contribution in [0.2, 0.25) is 5.15 Å². The molecule has 2 rings (SSSR count). The molecule has 0 aliphatic rings. The summed E-state index contributed by atoms with van der Waals surface area (Å²) in [5.74, 6) is 0. The van der Waals surface area contributed by atoms with E-state index in [9.17, 15) is 10.1 Å². The summed E-state index contributed by atoms with van der Waals surface area (Å²) in [6.07, 6.45) is 2.24. The minimum Gasteiger partial charge on any atom is -0.258 e. The van der Waals surface area contributed by atoms with Gasteiger partial charge in [0.15, 0.2) is 0 Å². The fourth-order valence-electron chi connectivity index (χ4n) is 2.12. The van der Waals surface area contributed by atoms with Crippen molar-refractivity contribution in [3.63, 3.8) is 0 Å². The first kappa shape index (κ1) is 14.5. The molecular formula is C14H16ClN3O2. The summed E-state index contributed by atoms with van der Waals surface area (Å²) in [6, 6.07) is 10.1. The number of nitrogens with zero attached hydrogens (tertiary/aromatic N) is 3. The van der Waals surface area contributed by atoms with Crippen LogP contribution in [0.5, 0.6) is 0 Å². The van der Waals surface area contributed by atoms with E-state index in [0.717, 1.165) is 12.8 Å². The predicted molar refractivity (Wildman–Crippen MR) is 78.0 cm³/mol. The fraction of sp³-hybridized carbons (Fsp3) is 0.357. The van der Waals surface area contributed by atoms with Crippen molar-refractivity contribution in [2.45, 2.75) is 32.7 Å². The van der Waals surface area contributed by atoms with Crippen LogP contribution >= 0.6 is 11.6 Å². The summed E-state index contributed by atoms with van der Waals surface area (Å²) in [6.45, 7) is 2.41. The molecule has 0 saturated carbocycles. The van der Waals surface area contributed by atoms with Crippen molar-refractivity contribution < 1.29 is 4.92 Å². The lowest BCUT2D eigenvalue weighted by atomic mass is 10.1. The SMILES string of the molecule is CCc1nn(CCCc2ccccc2)c(Cl)c1[N+](=O)[O-]. The quantitative estimate of drug-likeness (QED) is 0.603. The highest BCUT2D eigenvalue weighted by Gasteiger charge is 2.24. The Labute approximate surface area is 122 Å². The number of benzene rings is 1. The van der Waals surface area contributed by atoms with Crippen LogP contribution in [0.15, 0.2) is 30.3 Å². The van der Waals surface area contributed by atoms with Gasteiger partial charge in [-0.1, -0.05) is 48.9 Å². The van der Waals surface area contributed by atoms with E-state index >= 15 is 0 Å². The minimum absolute atomic E-state index is 0.0612. The maximum Gasteiger partial charge on any atom is 0.329 e. The molecule has 0 atom stereocenters. The van der Waals surface area contributed by atoms with Crippen molar-refractivity contribution in [3.05, 3.63) is 56.9 Å². The Bertz CT molecular complexity index is 596. The monoisotopic (exact) mass is 293 g/mol. The highest BCUT2D eigenvalue weighted by molar-refractivity contribution is 6.31. The molecule has 0 amide bonds. The molecule has 0 aliphatic carbocycles. The third-order valence-electron chi connectivity index (χ3n) is 3.13. The zero-order chi connectivity index (χ0) is 14.5. The predicted octanol–water partition coefficient (Wildman–Crippen LogP) is 3.64. The van der Waals surface area contributed by atoms with Crippen LogP contribution in [0.25, 0.3) is 0 Å². The van der Waals surface area contributed by atoms with E-state index in [1.54, 1.807) is 0 Å². The summed E-state index contributed by atoms with van der Waals surface area (Å²) < 4.78 is 1.53. The summed E-state index contributed by atoms with van der Waals surface area (Å²) >= 11 is 6.04. The number of halogens is 1. The van der Waals surface area contributed by atoms with Gasteiger partial charge in [0.1, 0.15) is 5.69 Å². The standard InChI is InChI=1S/C14H16ClN3O2/c1-2-12-13(18(19)20)14(15)17(16-12)10-6-9-11-7-4-3-5-8-11/h3-5,7-8H,2,6,9-10H2,1H3. The molecule has 20 heavy (non-hydrogen) atoms. The number of nitro groups is 1. The van der Waals surface area contributed by atoms with Crippen LogP contribution in [0.4, 0.5) is 5.69 Å². The maximum atomic E-state index is 11.0. The first-order chi connectivity index (χ1) is 9.63. The van der Waals surface area contributed by atoms with Crippen molar-refractivity contribution in [2.24, 2.45) is 0 Å². The molecule has 1 aromatic carbocycles. The molecule has 106 valence electrons. The molecule has 0 fully saturated rings. The van der Waals surface area contributed by atoms with E-state index in [1.807, 2.05) is 25.1 Å². The Kier molecular flexibility index (Phi) is 4.74. The molecule has 0 bridgehead atoms. The number of hydrogen-bond acceptors (Lipinski definition) is 3. The molecule has 2 aromatic rings. The summed E-state index contributed by atoms with van der Waals surface area (Å²) in [4.78, 5) is 10.5. The molecule has 1 aromatic heterocycles. The largest absolute Gasteiger partial charge is 0.329 e. The van der Waals surface area contributed by atoms with Gasteiger partial charge in [-0.2, -0.15) is 5.10 Å². The van der Waals surface area contributed by atoms with Gasteiger partial charge in [0.25, 0.3) is 0 Å². The Hall–Kier alpha value is -1.88. The summed E-state index contributed by atoms with van der Waals surface area (Å²) in [5.41, 5.74) is 1.62. The number of aromatic nitrogens is 2. The Morgan fingerprint density at radius 3 is 2.60 bits per heavy atom. The molecule has 1 heterocycles. The van der Waals surface area contributed by atoms with E-state index < -0.39 is 4.92 Å². The van der Waals surface area contributed by atoms with Gasteiger partial charge in [-0.05, 0) is 24.8 Å². The highest BCUT2D eigenvalue weighted by Crippen LogP contribution is 2.28. The van der Waals surface area contributed by atoms with Crippen LogP contribution in [-0.2, 0) is 19.4 Å². The fourth-order valence-corrected chi connectivity index (χ4v) is 2.42. The lowest BCUT2D eigenvalue weighted by molar-refractivity contribution is -0.385. The second-order valence-corrected chi connectivity index (χ2v) is 4.87. The van der Waals surface area contributed by atoms with Gasteiger partial charge in [0, 0.05) is 6.54 Å². The van der Waals surface area contributed by atoms with Gasteiger partial charge in [-0.3, -0.25) is 10.1 Å². The Balaban J connectivity index is 2.05. The van der Waals surface area contributed by atoms with Crippen LogP contribution in [0.3, 0.4) is 0 Å². The molecule has 5 nitrogen and oxygen atoms in total. The molecule has 0 saturated heterocycles. The summed E-state index contributed by atoms with van der Waals surface area (Å²) in [5, 5.41) is 15.3. The number of hydrogen-bond donors (Lipinski definition) is 0. The molecular weight excluding hydrogens is 278 g/mol. The third kappa shape index (κ3) is 3.17. The Morgan fingerprint density at radius 2 is 2.05 bits per heavy atom. The molecule has 0 spiro atoms. The van der Waals surface area contributed by atoms with Gasteiger partial charge in [-0.25, -0.2) is 4.68 Å². The van der Waals surface area contributed by atoms with Crippen molar-refractivity contribution in [1.29, 1.82) is 0 Å². The van der Waals surface area contributed by atoms with Gasteiger partial charge >= 0.3 is 5.69 Å². The molecule has 0 unspecified atom stereocenters. The lowest BCUT2D eigenvalue weighted by Crippen LogP contribution is -2.02. The van der Waals surface area contributed by atoms with Crippen LogP contribution < -0.4 is 0 Å². The van der Waals surface area contributed by atoms with Gasteiger partial charge in [-0.15, -0.1) is 0 Å². The average molecular weight is 294 g/mol. The second kappa shape index (κ2) is 6.52. The average Bonchev–Trinajstić information content (AvgIpc) is 2.77. The van der Waals surface area contributed by atoms with E-state index in [4.69, 9.17) is 11.6 Å². The van der Waals surface area contributed by atoms with E-state index in [1.165, 1.54) is 10.2 Å². The number of aryl methyl sites for hydroxylation is 3. The third-order valence-corrected chi connectivity index (χ3v) is 3.51. The smallest absolute Gasteiger partial charge is 0.258 e. The van der Waals surface area contributed by atoms with Crippen molar-refractivity contribution in [3.8, 4) is 0 Å². The highest BCUT2D eigenvalue weighted by atomic mass is 35.5. The zero-order valence-corrected chi connectivity index (χ0v) is 12.0. The molecule has 0 aliphatic heterocycles.